The molecule has 9 heteroatoms. The minimum Gasteiger partial charge on any atom is -0.478 e. The summed E-state index contributed by atoms with van der Waals surface area (Å²) >= 11 is 3.18. The van der Waals surface area contributed by atoms with E-state index in [0.29, 0.717) is 5.57 Å². The zero-order chi connectivity index (χ0) is 34.8. The average Bonchev–Trinajstić information content (AvgIpc) is 3.83. The van der Waals surface area contributed by atoms with E-state index in [-0.39, 0.29) is 22.4 Å². The Morgan fingerprint density at radius 3 is 1.86 bits per heavy atom. The number of benzene rings is 4. The lowest BCUT2D eigenvalue weighted by Crippen LogP contribution is -2.42. The summed E-state index contributed by atoms with van der Waals surface area (Å²) in [6.45, 7) is 1.59. The van der Waals surface area contributed by atoms with Crippen LogP contribution in [0.25, 0.3) is 26.3 Å². The second-order valence-electron chi connectivity index (χ2n) is 11.4. The van der Waals surface area contributed by atoms with E-state index in [9.17, 15) is 24.8 Å². The number of carbonyl (C=O) groups is 3. The highest BCUT2D eigenvalue weighted by atomic mass is 32.1. The van der Waals surface area contributed by atoms with E-state index < -0.39 is 17.8 Å². The largest absolute Gasteiger partial charge is 0.478 e. The molecule has 1 N–H and O–H groups in total. The van der Waals surface area contributed by atoms with E-state index in [2.05, 4.69) is 65.6 Å². The Balaban J connectivity index is 1.14. The summed E-state index contributed by atoms with van der Waals surface area (Å²) in [5.74, 6) is -2.45. The Morgan fingerprint density at radius 1 is 0.700 bits per heavy atom. The molecule has 0 spiro atoms. The highest BCUT2D eigenvalue weighted by Crippen LogP contribution is 2.41. The van der Waals surface area contributed by atoms with Gasteiger partial charge in [-0.3, -0.25) is 9.59 Å². The number of rotatable bonds is 8. The summed E-state index contributed by atoms with van der Waals surface area (Å²) < 4.78 is 0. The van der Waals surface area contributed by atoms with Gasteiger partial charge in [0.15, 0.2) is 0 Å². The monoisotopic (exact) mass is 689 g/mol. The topological polar surface area (TPSA) is 102 Å². The molecule has 242 valence electrons. The highest BCUT2D eigenvalue weighted by molar-refractivity contribution is 7.24. The van der Waals surface area contributed by atoms with Gasteiger partial charge >= 0.3 is 5.97 Å². The molecule has 7 nitrogen and oxygen atoms in total. The van der Waals surface area contributed by atoms with Gasteiger partial charge in [0.1, 0.15) is 11.6 Å². The van der Waals surface area contributed by atoms with E-state index in [1.807, 2.05) is 54.6 Å². The second-order valence-corrected chi connectivity index (χ2v) is 13.6. The van der Waals surface area contributed by atoms with Gasteiger partial charge in [0, 0.05) is 42.1 Å². The van der Waals surface area contributed by atoms with Gasteiger partial charge in [-0.05, 0) is 109 Å². The third-order valence-electron chi connectivity index (χ3n) is 8.31. The number of carboxylic acid groups (broad SMARTS) is 1. The Hall–Kier alpha value is -6.34. The minimum atomic E-state index is -1.12. The molecule has 3 heterocycles. The lowest BCUT2D eigenvalue weighted by Gasteiger charge is -2.27. The maximum absolute atomic E-state index is 13.7. The molecule has 50 heavy (non-hydrogen) atoms. The van der Waals surface area contributed by atoms with Gasteiger partial charge in [0.2, 0.25) is 0 Å². The number of carbonyl (C=O) groups excluding carboxylic acids is 2. The predicted octanol–water partition coefficient (Wildman–Crippen LogP) is 10.1. The third kappa shape index (κ3) is 6.17. The number of aromatic carboxylic acids is 1. The van der Waals surface area contributed by atoms with Crippen LogP contribution in [0.1, 0.15) is 22.2 Å². The second kappa shape index (κ2) is 13.6. The van der Waals surface area contributed by atoms with Gasteiger partial charge in [-0.1, -0.05) is 48.5 Å². The number of thiophene rings is 2. The molecule has 4 aromatic carbocycles. The minimum absolute atomic E-state index is 0.0197. The number of nitriles is 1. The number of nitrogens with zero attached hydrogens (tertiary/aromatic N) is 3. The van der Waals surface area contributed by atoms with Crippen molar-refractivity contribution in [3.05, 3.63) is 161 Å². The summed E-state index contributed by atoms with van der Waals surface area (Å²) in [4.78, 5) is 45.3. The Morgan fingerprint density at radius 2 is 1.26 bits per heavy atom. The maximum atomic E-state index is 13.7. The van der Waals surface area contributed by atoms with Crippen LogP contribution in [-0.2, 0) is 9.59 Å². The average molecular weight is 690 g/mol. The summed E-state index contributed by atoms with van der Waals surface area (Å²) in [5.41, 5.74) is 4.90. The van der Waals surface area contributed by atoms with Gasteiger partial charge in [-0.2, -0.15) is 5.26 Å². The number of amides is 2. The third-order valence-corrected chi connectivity index (χ3v) is 10.7. The SMILES string of the molecule is CC1=C(C#N)C(=O)N(c2ccc(C(=O)O)cc2)C(=O)C1=Cc1ccc(-c2ccc(-c3ccc(N(c4ccccc4)c4ccccc4)cc3)s2)s1. The molecule has 0 unspecified atom stereocenters. The van der Waals surface area contributed by atoms with E-state index >= 15 is 0 Å². The van der Waals surface area contributed by atoms with Crippen molar-refractivity contribution in [1.82, 2.24) is 0 Å². The van der Waals surface area contributed by atoms with Crippen LogP contribution in [-0.4, -0.2) is 22.9 Å². The Kier molecular flexibility index (Phi) is 8.79. The Labute approximate surface area is 296 Å². The molecule has 0 fully saturated rings. The summed E-state index contributed by atoms with van der Waals surface area (Å²) in [5, 5.41) is 19.1. The van der Waals surface area contributed by atoms with Crippen molar-refractivity contribution < 1.29 is 19.5 Å². The van der Waals surface area contributed by atoms with Crippen molar-refractivity contribution in [3.8, 4) is 26.3 Å². The summed E-state index contributed by atoms with van der Waals surface area (Å²) in [6, 6.07) is 44.5. The van der Waals surface area contributed by atoms with Gasteiger partial charge < -0.3 is 10.0 Å². The number of hydrogen-bond donors (Lipinski definition) is 1. The number of para-hydroxylation sites is 2. The van der Waals surface area contributed by atoms with Crippen LogP contribution in [0.2, 0.25) is 0 Å². The molecular formula is C41H27N3O4S2. The fourth-order valence-electron chi connectivity index (χ4n) is 5.78. The van der Waals surface area contributed by atoms with Gasteiger partial charge in [0.05, 0.1) is 11.3 Å². The molecule has 0 radical (unpaired) electrons. The van der Waals surface area contributed by atoms with Crippen LogP contribution >= 0.6 is 22.7 Å². The zero-order valence-electron chi connectivity index (χ0n) is 26.6. The first-order valence-electron chi connectivity index (χ1n) is 15.6. The lowest BCUT2D eigenvalue weighted by molar-refractivity contribution is -0.122. The summed E-state index contributed by atoms with van der Waals surface area (Å²) in [6.07, 6.45) is 1.70. The van der Waals surface area contributed by atoms with Crippen LogP contribution in [0.5, 0.6) is 0 Å². The van der Waals surface area contributed by atoms with E-state index in [1.165, 1.54) is 35.6 Å². The molecule has 0 saturated heterocycles. The van der Waals surface area contributed by atoms with Crippen LogP contribution in [0.15, 0.2) is 150 Å². The number of carboxylic acids is 1. The van der Waals surface area contributed by atoms with Crippen molar-refractivity contribution in [2.24, 2.45) is 0 Å². The van der Waals surface area contributed by atoms with Crippen LogP contribution in [0.3, 0.4) is 0 Å². The molecule has 2 aromatic heterocycles. The molecule has 0 atom stereocenters. The van der Waals surface area contributed by atoms with Crippen molar-refractivity contribution in [2.45, 2.75) is 6.92 Å². The van der Waals surface area contributed by atoms with E-state index in [1.54, 1.807) is 24.3 Å². The fraction of sp³-hybridized carbons (Fsp3) is 0.0244. The van der Waals surface area contributed by atoms with Crippen molar-refractivity contribution in [3.63, 3.8) is 0 Å². The number of anilines is 4. The first kappa shape index (κ1) is 32.2. The lowest BCUT2D eigenvalue weighted by atomic mass is 9.94. The maximum Gasteiger partial charge on any atom is 0.335 e. The molecule has 0 saturated carbocycles. The summed E-state index contributed by atoms with van der Waals surface area (Å²) in [7, 11) is 0. The standard InChI is InChI=1S/C41H27N3O4S2/c1-26-34(39(45)44(40(46)35(26)25-42)32-18-14-28(15-19-32)41(47)48)24-33-20-21-37(49-33)38-23-22-36(50-38)27-12-16-31(17-13-27)43(29-8-4-2-5-9-29)30-10-6-3-7-11-30/h2-24H,1H3,(H,47,48). The first-order chi connectivity index (χ1) is 24.3. The number of imide groups is 1. The van der Waals surface area contributed by atoms with Crippen LogP contribution < -0.4 is 9.80 Å². The fourth-order valence-corrected chi connectivity index (χ4v) is 7.83. The molecule has 1 aliphatic rings. The van der Waals surface area contributed by atoms with Crippen LogP contribution in [0.4, 0.5) is 22.7 Å². The van der Waals surface area contributed by atoms with Gasteiger partial charge in [0.25, 0.3) is 11.8 Å². The predicted molar refractivity (Wildman–Crippen MR) is 200 cm³/mol. The molecule has 7 rings (SSSR count). The van der Waals surface area contributed by atoms with Crippen molar-refractivity contribution in [2.75, 3.05) is 9.80 Å². The highest BCUT2D eigenvalue weighted by Gasteiger charge is 2.36. The first-order valence-corrected chi connectivity index (χ1v) is 17.2. The molecule has 0 aliphatic carbocycles. The van der Waals surface area contributed by atoms with Crippen molar-refractivity contribution in [1.29, 1.82) is 5.26 Å². The molecule has 1 aliphatic heterocycles. The quantitative estimate of drug-likeness (QED) is 0.126. The molecular weight excluding hydrogens is 663 g/mol. The molecule has 6 aromatic rings. The number of hydrogen-bond acceptors (Lipinski definition) is 7. The van der Waals surface area contributed by atoms with Gasteiger partial charge in [-0.25, -0.2) is 9.69 Å². The van der Waals surface area contributed by atoms with Crippen LogP contribution in [0, 0.1) is 11.3 Å². The van der Waals surface area contributed by atoms with Gasteiger partial charge in [-0.15, -0.1) is 22.7 Å². The van der Waals surface area contributed by atoms with E-state index in [4.69, 9.17) is 0 Å². The molecule has 2 amide bonds. The Bertz CT molecular complexity index is 2310. The zero-order valence-corrected chi connectivity index (χ0v) is 28.2. The van der Waals surface area contributed by atoms with E-state index in [0.717, 1.165) is 47.0 Å². The molecule has 0 bridgehead atoms. The smallest absolute Gasteiger partial charge is 0.335 e. The van der Waals surface area contributed by atoms with Crippen molar-refractivity contribution >= 4 is 69.3 Å². The normalized spacial score (nSPS) is 13.8.